The monoisotopic (exact) mass is 349 g/mol. The summed E-state index contributed by atoms with van der Waals surface area (Å²) in [6, 6.07) is 1.93. The largest absolute Gasteiger partial charge is 0.451 e. The lowest BCUT2D eigenvalue weighted by Crippen LogP contribution is -2.03. The van der Waals surface area contributed by atoms with Crippen molar-refractivity contribution in [2.45, 2.75) is 33.6 Å². The SMILES string of the molecule is Cc1nc2c(C)cc(Oc3cnc(N)nc3N)c(C(C)C)c2o1.Cl. The molecule has 3 aromatic rings. The average Bonchev–Trinajstić information content (AvgIpc) is 2.83. The van der Waals surface area contributed by atoms with E-state index in [-0.39, 0.29) is 30.1 Å². The van der Waals surface area contributed by atoms with E-state index in [4.69, 9.17) is 20.6 Å². The lowest BCUT2D eigenvalue weighted by molar-refractivity contribution is 0.468. The molecule has 24 heavy (non-hydrogen) atoms. The number of hydrogen-bond acceptors (Lipinski definition) is 7. The van der Waals surface area contributed by atoms with E-state index >= 15 is 0 Å². The summed E-state index contributed by atoms with van der Waals surface area (Å²) in [4.78, 5) is 12.3. The third-order valence-corrected chi connectivity index (χ3v) is 3.56. The Hall–Kier alpha value is -2.54. The summed E-state index contributed by atoms with van der Waals surface area (Å²) >= 11 is 0. The Kier molecular flexibility index (Phi) is 4.84. The topological polar surface area (TPSA) is 113 Å². The van der Waals surface area contributed by atoms with Gasteiger partial charge in [-0.1, -0.05) is 13.8 Å². The zero-order valence-corrected chi connectivity index (χ0v) is 14.8. The Morgan fingerprint density at radius 1 is 1.12 bits per heavy atom. The molecule has 2 aromatic heterocycles. The van der Waals surface area contributed by atoms with Gasteiger partial charge in [0.1, 0.15) is 11.3 Å². The van der Waals surface area contributed by atoms with Crippen molar-refractivity contribution in [3.05, 3.63) is 29.3 Å². The Balaban J connectivity index is 0.00000208. The van der Waals surface area contributed by atoms with Crippen molar-refractivity contribution in [2.24, 2.45) is 0 Å². The van der Waals surface area contributed by atoms with E-state index in [1.807, 2.05) is 19.9 Å². The van der Waals surface area contributed by atoms with Crippen molar-refractivity contribution >= 4 is 35.3 Å². The van der Waals surface area contributed by atoms with E-state index in [2.05, 4.69) is 28.8 Å². The van der Waals surface area contributed by atoms with Crippen LogP contribution in [0.15, 0.2) is 16.7 Å². The molecule has 0 bridgehead atoms. The van der Waals surface area contributed by atoms with Gasteiger partial charge in [0.25, 0.3) is 0 Å². The van der Waals surface area contributed by atoms with E-state index in [1.165, 1.54) is 6.20 Å². The summed E-state index contributed by atoms with van der Waals surface area (Å²) in [5.41, 5.74) is 14.9. The third-order valence-electron chi connectivity index (χ3n) is 3.56. The van der Waals surface area contributed by atoms with Crippen LogP contribution in [-0.2, 0) is 0 Å². The molecule has 0 unspecified atom stereocenters. The molecule has 4 N–H and O–H groups in total. The van der Waals surface area contributed by atoms with E-state index in [9.17, 15) is 0 Å². The standard InChI is InChI=1S/C16H19N5O2.ClH/c1-7(2)12-10(23-11-6-19-16(18)21-15(11)17)5-8(3)13-14(12)22-9(4)20-13;/h5-7H,1-4H3,(H4,17,18,19,21);1H. The highest BCUT2D eigenvalue weighted by Crippen LogP contribution is 2.39. The van der Waals surface area contributed by atoms with Crippen LogP contribution in [0.3, 0.4) is 0 Å². The summed E-state index contributed by atoms with van der Waals surface area (Å²) in [6.07, 6.45) is 1.47. The van der Waals surface area contributed by atoms with Crippen molar-refractivity contribution in [2.75, 3.05) is 11.5 Å². The maximum absolute atomic E-state index is 5.96. The van der Waals surface area contributed by atoms with Crippen LogP contribution in [0, 0.1) is 13.8 Å². The Bertz CT molecular complexity index is 892. The van der Waals surface area contributed by atoms with Crippen molar-refractivity contribution in [3.63, 3.8) is 0 Å². The second-order valence-electron chi connectivity index (χ2n) is 5.75. The van der Waals surface area contributed by atoms with Crippen LogP contribution in [0.4, 0.5) is 11.8 Å². The predicted molar refractivity (Wildman–Crippen MR) is 95.8 cm³/mol. The molecule has 1 aromatic carbocycles. The van der Waals surface area contributed by atoms with Crippen LogP contribution >= 0.6 is 12.4 Å². The summed E-state index contributed by atoms with van der Waals surface area (Å²) in [6.45, 7) is 7.93. The van der Waals surface area contributed by atoms with E-state index in [0.717, 1.165) is 22.2 Å². The van der Waals surface area contributed by atoms with Crippen LogP contribution in [0.1, 0.15) is 36.8 Å². The molecule has 0 saturated carbocycles. The lowest BCUT2D eigenvalue weighted by Gasteiger charge is -2.15. The van der Waals surface area contributed by atoms with Gasteiger partial charge in [0.15, 0.2) is 23.0 Å². The molecule has 0 saturated heterocycles. The minimum atomic E-state index is 0. The Morgan fingerprint density at radius 3 is 2.46 bits per heavy atom. The summed E-state index contributed by atoms with van der Waals surface area (Å²) < 4.78 is 11.8. The van der Waals surface area contributed by atoms with Crippen LogP contribution in [0.2, 0.25) is 0 Å². The van der Waals surface area contributed by atoms with Gasteiger partial charge in [0, 0.05) is 12.5 Å². The molecule has 3 rings (SSSR count). The minimum absolute atomic E-state index is 0. The molecule has 7 nitrogen and oxygen atoms in total. The normalized spacial score (nSPS) is 10.9. The first kappa shape index (κ1) is 17.8. The second-order valence-corrected chi connectivity index (χ2v) is 5.75. The van der Waals surface area contributed by atoms with Crippen molar-refractivity contribution in [1.82, 2.24) is 15.0 Å². The van der Waals surface area contributed by atoms with Crippen LogP contribution in [0.5, 0.6) is 11.5 Å². The first-order valence-corrected chi connectivity index (χ1v) is 7.33. The van der Waals surface area contributed by atoms with Gasteiger partial charge in [-0.15, -0.1) is 12.4 Å². The van der Waals surface area contributed by atoms with Gasteiger partial charge in [-0.3, -0.25) is 0 Å². The molecule has 0 aliphatic rings. The number of nitrogen functional groups attached to an aromatic ring is 2. The predicted octanol–water partition coefficient (Wildman–Crippen LogP) is 3.74. The lowest BCUT2D eigenvalue weighted by atomic mass is 9.99. The molecule has 8 heteroatoms. The first-order valence-electron chi connectivity index (χ1n) is 7.33. The fourth-order valence-electron chi connectivity index (χ4n) is 2.56. The summed E-state index contributed by atoms with van der Waals surface area (Å²) in [7, 11) is 0. The quantitative estimate of drug-likeness (QED) is 0.740. The number of oxazole rings is 1. The highest BCUT2D eigenvalue weighted by atomic mass is 35.5. The zero-order valence-electron chi connectivity index (χ0n) is 14.0. The number of halogens is 1. The Morgan fingerprint density at radius 2 is 1.83 bits per heavy atom. The Labute approximate surface area is 145 Å². The highest BCUT2D eigenvalue weighted by Gasteiger charge is 2.20. The van der Waals surface area contributed by atoms with Gasteiger partial charge in [-0.25, -0.2) is 9.97 Å². The van der Waals surface area contributed by atoms with E-state index in [0.29, 0.717) is 17.4 Å². The van der Waals surface area contributed by atoms with Gasteiger partial charge >= 0.3 is 0 Å². The highest BCUT2D eigenvalue weighted by molar-refractivity contribution is 5.85. The van der Waals surface area contributed by atoms with E-state index < -0.39 is 0 Å². The number of anilines is 2. The molecular formula is C16H20ClN5O2. The third kappa shape index (κ3) is 3.07. The average molecular weight is 350 g/mol. The molecule has 128 valence electrons. The number of benzene rings is 1. The van der Waals surface area contributed by atoms with Gasteiger partial charge < -0.3 is 20.6 Å². The van der Waals surface area contributed by atoms with Gasteiger partial charge in [0.05, 0.1) is 6.20 Å². The molecule has 2 heterocycles. The first-order chi connectivity index (χ1) is 10.9. The fourth-order valence-corrected chi connectivity index (χ4v) is 2.56. The van der Waals surface area contributed by atoms with Gasteiger partial charge in [-0.2, -0.15) is 4.98 Å². The van der Waals surface area contributed by atoms with E-state index in [1.54, 1.807) is 0 Å². The molecule has 0 fully saturated rings. The molecular weight excluding hydrogens is 330 g/mol. The number of ether oxygens (including phenoxy) is 1. The number of aryl methyl sites for hydroxylation is 2. The number of rotatable bonds is 3. The fraction of sp³-hybridized carbons (Fsp3) is 0.312. The number of fused-ring (bicyclic) bond motifs is 1. The number of nitrogens with two attached hydrogens (primary N) is 2. The maximum atomic E-state index is 5.96. The summed E-state index contributed by atoms with van der Waals surface area (Å²) in [5, 5.41) is 0. The molecule has 0 amide bonds. The molecule has 0 spiro atoms. The van der Waals surface area contributed by atoms with Crippen LogP contribution in [0.25, 0.3) is 11.1 Å². The molecule has 0 aliphatic carbocycles. The molecule has 0 radical (unpaired) electrons. The van der Waals surface area contributed by atoms with Crippen LogP contribution in [-0.4, -0.2) is 15.0 Å². The summed E-state index contributed by atoms with van der Waals surface area (Å²) in [5.74, 6) is 2.11. The number of hydrogen-bond donors (Lipinski definition) is 2. The number of aromatic nitrogens is 3. The van der Waals surface area contributed by atoms with Crippen molar-refractivity contribution in [1.29, 1.82) is 0 Å². The van der Waals surface area contributed by atoms with Crippen molar-refractivity contribution in [3.8, 4) is 11.5 Å². The van der Waals surface area contributed by atoms with Gasteiger partial charge in [-0.05, 0) is 24.5 Å². The van der Waals surface area contributed by atoms with Crippen LogP contribution < -0.4 is 16.2 Å². The molecule has 0 aliphatic heterocycles. The zero-order chi connectivity index (χ0) is 16.7. The van der Waals surface area contributed by atoms with Crippen molar-refractivity contribution < 1.29 is 9.15 Å². The smallest absolute Gasteiger partial charge is 0.222 e. The second kappa shape index (κ2) is 6.52. The minimum Gasteiger partial charge on any atom is -0.451 e. The number of nitrogens with zero attached hydrogens (tertiary/aromatic N) is 3. The molecule has 0 atom stereocenters. The maximum Gasteiger partial charge on any atom is 0.222 e. The van der Waals surface area contributed by atoms with Gasteiger partial charge in [0.2, 0.25) is 5.95 Å².